The largest absolute Gasteiger partial charge is 0.312 e. The van der Waals surface area contributed by atoms with Crippen LogP contribution in [-0.4, -0.2) is 37.1 Å². The topological polar surface area (TPSA) is 15.3 Å². The zero-order valence-corrected chi connectivity index (χ0v) is 13.3. The van der Waals surface area contributed by atoms with E-state index >= 15 is 0 Å². The monoisotopic (exact) mass is 254 g/mol. The van der Waals surface area contributed by atoms with Gasteiger partial charge in [-0.1, -0.05) is 41.0 Å². The van der Waals surface area contributed by atoms with Gasteiger partial charge in [0.2, 0.25) is 0 Å². The van der Waals surface area contributed by atoms with Crippen LogP contribution in [0.1, 0.15) is 60.3 Å². The second-order valence-electron chi connectivity index (χ2n) is 6.91. The lowest BCUT2D eigenvalue weighted by Gasteiger charge is -2.39. The first-order valence-electron chi connectivity index (χ1n) is 7.94. The van der Waals surface area contributed by atoms with Crippen LogP contribution in [0.5, 0.6) is 0 Å². The molecule has 1 N–H and O–H groups in total. The van der Waals surface area contributed by atoms with E-state index in [2.05, 4.69) is 44.8 Å². The van der Waals surface area contributed by atoms with Gasteiger partial charge in [0, 0.05) is 12.6 Å². The molecule has 2 heteroatoms. The van der Waals surface area contributed by atoms with Gasteiger partial charge in [-0.15, -0.1) is 0 Å². The first kappa shape index (κ1) is 16.0. The highest BCUT2D eigenvalue weighted by Crippen LogP contribution is 2.29. The predicted molar refractivity (Wildman–Crippen MR) is 81.0 cm³/mol. The summed E-state index contributed by atoms with van der Waals surface area (Å²) in [6, 6.07) is 0.677. The molecule has 0 aromatic heterocycles. The van der Waals surface area contributed by atoms with Gasteiger partial charge >= 0.3 is 0 Å². The Morgan fingerprint density at radius 2 is 1.78 bits per heavy atom. The molecule has 1 aliphatic rings. The molecule has 18 heavy (non-hydrogen) atoms. The molecule has 2 nitrogen and oxygen atoms in total. The van der Waals surface area contributed by atoms with Gasteiger partial charge in [-0.2, -0.15) is 0 Å². The van der Waals surface area contributed by atoms with E-state index in [1.165, 1.54) is 45.3 Å². The van der Waals surface area contributed by atoms with E-state index in [0.29, 0.717) is 11.5 Å². The zero-order valence-electron chi connectivity index (χ0n) is 13.3. The van der Waals surface area contributed by atoms with Crippen molar-refractivity contribution in [3.8, 4) is 0 Å². The minimum absolute atomic E-state index is 0.569. The summed E-state index contributed by atoms with van der Waals surface area (Å²) in [7, 11) is 0. The molecule has 1 heterocycles. The van der Waals surface area contributed by atoms with Crippen molar-refractivity contribution in [1.29, 1.82) is 0 Å². The molecule has 0 amide bonds. The summed E-state index contributed by atoms with van der Waals surface area (Å²) < 4.78 is 0. The Kier molecular flexibility index (Phi) is 6.65. The Bertz CT molecular complexity index is 215. The van der Waals surface area contributed by atoms with Crippen LogP contribution in [0.3, 0.4) is 0 Å². The van der Waals surface area contributed by atoms with E-state index < -0.39 is 0 Å². The van der Waals surface area contributed by atoms with E-state index in [0.717, 1.165) is 12.5 Å². The third-order valence-corrected chi connectivity index (χ3v) is 4.65. The molecule has 0 radical (unpaired) electrons. The van der Waals surface area contributed by atoms with Crippen molar-refractivity contribution in [1.82, 2.24) is 10.2 Å². The second-order valence-corrected chi connectivity index (χ2v) is 6.91. The molecule has 0 aromatic carbocycles. The summed E-state index contributed by atoms with van der Waals surface area (Å²) in [5.41, 5.74) is 0.569. The molecule has 0 saturated carbocycles. The molecule has 1 fully saturated rings. The van der Waals surface area contributed by atoms with Gasteiger partial charge in [0.05, 0.1) is 0 Å². The number of hydrogen-bond acceptors (Lipinski definition) is 2. The third-order valence-electron chi connectivity index (χ3n) is 4.65. The van der Waals surface area contributed by atoms with E-state index in [9.17, 15) is 0 Å². The predicted octanol–water partition coefficient (Wildman–Crippen LogP) is 3.52. The summed E-state index contributed by atoms with van der Waals surface area (Å²) >= 11 is 0. The highest BCUT2D eigenvalue weighted by Gasteiger charge is 2.27. The fourth-order valence-electron chi connectivity index (χ4n) is 2.68. The number of likely N-dealkylation sites (tertiary alicyclic amines) is 1. The van der Waals surface area contributed by atoms with Crippen molar-refractivity contribution >= 4 is 0 Å². The standard InChI is InChI=1S/C16H34N2/c1-6-10-17-15(14(3)7-2)13-18-11-8-16(4,5)9-12-18/h14-15,17H,6-13H2,1-5H3. The van der Waals surface area contributed by atoms with Gasteiger partial charge in [-0.25, -0.2) is 0 Å². The Morgan fingerprint density at radius 1 is 1.17 bits per heavy atom. The molecule has 2 unspecified atom stereocenters. The summed E-state index contributed by atoms with van der Waals surface area (Å²) in [4.78, 5) is 2.67. The van der Waals surface area contributed by atoms with Crippen molar-refractivity contribution in [3.05, 3.63) is 0 Å². The van der Waals surface area contributed by atoms with Gasteiger partial charge in [-0.05, 0) is 50.2 Å². The van der Waals surface area contributed by atoms with Crippen LogP contribution < -0.4 is 5.32 Å². The van der Waals surface area contributed by atoms with Crippen LogP contribution >= 0.6 is 0 Å². The first-order valence-corrected chi connectivity index (χ1v) is 7.94. The van der Waals surface area contributed by atoms with E-state index in [1.807, 2.05) is 0 Å². The molecule has 1 rings (SSSR count). The van der Waals surface area contributed by atoms with Crippen molar-refractivity contribution in [2.45, 2.75) is 66.3 Å². The molecule has 0 aliphatic carbocycles. The zero-order chi connectivity index (χ0) is 13.6. The van der Waals surface area contributed by atoms with Crippen molar-refractivity contribution in [2.75, 3.05) is 26.2 Å². The van der Waals surface area contributed by atoms with Gasteiger partial charge in [-0.3, -0.25) is 0 Å². The van der Waals surface area contributed by atoms with Crippen molar-refractivity contribution in [3.63, 3.8) is 0 Å². The van der Waals surface area contributed by atoms with Crippen LogP contribution in [0.15, 0.2) is 0 Å². The minimum Gasteiger partial charge on any atom is -0.312 e. The lowest BCUT2D eigenvalue weighted by atomic mass is 9.82. The molecule has 1 saturated heterocycles. The maximum Gasteiger partial charge on any atom is 0.0220 e. The molecule has 0 spiro atoms. The normalized spacial score (nSPS) is 23.8. The maximum atomic E-state index is 3.75. The van der Waals surface area contributed by atoms with Gasteiger partial charge < -0.3 is 10.2 Å². The number of rotatable bonds is 7. The smallest absolute Gasteiger partial charge is 0.0220 e. The SMILES string of the molecule is CCCNC(CN1CCC(C)(C)CC1)C(C)CC. The number of nitrogens with one attached hydrogen (secondary N) is 1. The molecular formula is C16H34N2. The Morgan fingerprint density at radius 3 is 2.28 bits per heavy atom. The fourth-order valence-corrected chi connectivity index (χ4v) is 2.68. The maximum absolute atomic E-state index is 3.75. The highest BCUT2D eigenvalue weighted by atomic mass is 15.2. The average molecular weight is 254 g/mol. The van der Waals surface area contributed by atoms with Gasteiger partial charge in [0.15, 0.2) is 0 Å². The van der Waals surface area contributed by atoms with Crippen LogP contribution in [0.4, 0.5) is 0 Å². The molecule has 108 valence electrons. The average Bonchev–Trinajstić information content (AvgIpc) is 2.35. The number of hydrogen-bond donors (Lipinski definition) is 1. The third kappa shape index (κ3) is 5.27. The molecular weight excluding hydrogens is 220 g/mol. The highest BCUT2D eigenvalue weighted by molar-refractivity contribution is 4.83. The minimum atomic E-state index is 0.569. The molecule has 2 atom stereocenters. The molecule has 0 bridgehead atoms. The summed E-state index contributed by atoms with van der Waals surface area (Å²) in [6.45, 7) is 16.7. The fraction of sp³-hybridized carbons (Fsp3) is 1.00. The summed E-state index contributed by atoms with van der Waals surface area (Å²) in [5.74, 6) is 0.784. The summed E-state index contributed by atoms with van der Waals surface area (Å²) in [6.07, 6.45) is 5.22. The van der Waals surface area contributed by atoms with Gasteiger partial charge in [0.1, 0.15) is 0 Å². The number of nitrogens with zero attached hydrogens (tertiary/aromatic N) is 1. The van der Waals surface area contributed by atoms with Crippen LogP contribution in [0.2, 0.25) is 0 Å². The van der Waals surface area contributed by atoms with Crippen LogP contribution in [0, 0.1) is 11.3 Å². The van der Waals surface area contributed by atoms with Crippen LogP contribution in [0.25, 0.3) is 0 Å². The second kappa shape index (κ2) is 7.49. The number of piperidine rings is 1. The molecule has 1 aliphatic heterocycles. The lowest BCUT2D eigenvalue weighted by molar-refractivity contribution is 0.113. The first-order chi connectivity index (χ1) is 8.48. The Labute approximate surface area is 115 Å². The lowest BCUT2D eigenvalue weighted by Crippen LogP contribution is -2.48. The Hall–Kier alpha value is -0.0800. The Balaban J connectivity index is 2.40. The quantitative estimate of drug-likeness (QED) is 0.748. The van der Waals surface area contributed by atoms with E-state index in [4.69, 9.17) is 0 Å². The van der Waals surface area contributed by atoms with Gasteiger partial charge in [0.25, 0.3) is 0 Å². The van der Waals surface area contributed by atoms with E-state index in [1.54, 1.807) is 0 Å². The molecule has 0 aromatic rings. The van der Waals surface area contributed by atoms with Crippen molar-refractivity contribution in [2.24, 2.45) is 11.3 Å². The van der Waals surface area contributed by atoms with E-state index in [-0.39, 0.29) is 0 Å². The van der Waals surface area contributed by atoms with Crippen LogP contribution in [-0.2, 0) is 0 Å². The van der Waals surface area contributed by atoms with Crippen molar-refractivity contribution < 1.29 is 0 Å². The summed E-state index contributed by atoms with van der Waals surface area (Å²) in [5, 5.41) is 3.75.